The van der Waals surface area contributed by atoms with E-state index in [2.05, 4.69) is 0 Å². The number of carbonyl (C=O) groups excluding carboxylic acids is 2. The van der Waals surface area contributed by atoms with E-state index in [1.165, 1.54) is 0 Å². The van der Waals surface area contributed by atoms with E-state index in [4.69, 9.17) is 5.73 Å². The molecule has 0 unspecified atom stereocenters. The Morgan fingerprint density at radius 1 is 1.33 bits per heavy atom. The fraction of sp³-hybridized carbons (Fsp3) is 0.778. The minimum atomic E-state index is -3.78. The Hall–Kier alpha value is -1.19. The van der Waals surface area contributed by atoms with E-state index in [1.54, 1.807) is 13.8 Å². The number of aliphatic carboxylic acids is 1. The second-order valence-corrected chi connectivity index (χ2v) is 5.51. The van der Waals surface area contributed by atoms with E-state index in [9.17, 15) is 23.1 Å². The number of rotatable bonds is 9. The summed E-state index contributed by atoms with van der Waals surface area (Å²) in [7, 11) is -3.78. The normalized spacial score (nSPS) is 13.5. The van der Waals surface area contributed by atoms with Crippen LogP contribution in [0.15, 0.2) is 0 Å². The van der Waals surface area contributed by atoms with Crippen molar-refractivity contribution in [2.45, 2.75) is 32.7 Å². The van der Waals surface area contributed by atoms with Gasteiger partial charge in [-0.3, -0.25) is 4.79 Å². The Labute approximate surface area is 106 Å². The Bertz CT molecular complexity index is 391. The van der Waals surface area contributed by atoms with Gasteiger partial charge in [0, 0.05) is 25.9 Å². The highest BCUT2D eigenvalue weighted by Gasteiger charge is 2.28. The largest absolute Gasteiger partial charge is 0.544 e. The minimum Gasteiger partial charge on any atom is -0.544 e. The third-order valence-electron chi connectivity index (χ3n) is 2.41. The molecule has 0 aromatic heterocycles. The Morgan fingerprint density at radius 3 is 2.17 bits per heavy atom. The van der Waals surface area contributed by atoms with Crippen LogP contribution in [0, 0.1) is 0 Å². The number of carbonyl (C=O) groups is 2. The molecule has 1 atom stereocenters. The highest BCUT2D eigenvalue weighted by atomic mass is 32.2. The van der Waals surface area contributed by atoms with Crippen LogP contribution in [0.5, 0.6) is 0 Å². The summed E-state index contributed by atoms with van der Waals surface area (Å²) in [6.45, 7) is 3.77. The molecule has 1 amide bonds. The Balaban J connectivity index is 4.77. The quantitative estimate of drug-likeness (QED) is 0.452. The summed E-state index contributed by atoms with van der Waals surface area (Å²) in [6.07, 6.45) is -0.388. The number of amides is 1. The SMILES string of the molecule is CCN(CC)S(=O)(=O)[NH2+][C@@H](CCC(N)=O)C(=O)[O-]. The van der Waals surface area contributed by atoms with Gasteiger partial charge in [0.2, 0.25) is 5.91 Å². The van der Waals surface area contributed by atoms with Gasteiger partial charge < -0.3 is 15.6 Å². The summed E-state index contributed by atoms with van der Waals surface area (Å²) >= 11 is 0. The van der Waals surface area contributed by atoms with Crippen LogP contribution < -0.4 is 15.6 Å². The highest BCUT2D eigenvalue weighted by molar-refractivity contribution is 7.82. The van der Waals surface area contributed by atoms with Crippen LogP contribution in [0.3, 0.4) is 0 Å². The summed E-state index contributed by atoms with van der Waals surface area (Å²) in [4.78, 5) is 21.4. The van der Waals surface area contributed by atoms with E-state index in [-0.39, 0.29) is 25.9 Å². The van der Waals surface area contributed by atoms with Crippen LogP contribution in [0.4, 0.5) is 0 Å². The fourth-order valence-corrected chi connectivity index (χ4v) is 2.97. The summed E-state index contributed by atoms with van der Waals surface area (Å²) < 4.78 is 25.5. The molecule has 0 saturated carbocycles. The van der Waals surface area contributed by atoms with Crippen LogP contribution in [0.1, 0.15) is 26.7 Å². The van der Waals surface area contributed by atoms with Crippen molar-refractivity contribution < 1.29 is 27.8 Å². The molecule has 0 aliphatic rings. The van der Waals surface area contributed by atoms with Gasteiger partial charge in [0.15, 0.2) is 0 Å². The van der Waals surface area contributed by atoms with Gasteiger partial charge in [-0.25, -0.2) is 4.72 Å². The van der Waals surface area contributed by atoms with Crippen molar-refractivity contribution in [2.24, 2.45) is 5.73 Å². The van der Waals surface area contributed by atoms with Crippen LogP contribution in [-0.4, -0.2) is 43.7 Å². The van der Waals surface area contributed by atoms with Gasteiger partial charge in [0.1, 0.15) is 12.0 Å². The maximum atomic E-state index is 11.8. The fourth-order valence-electron chi connectivity index (χ4n) is 1.42. The standard InChI is InChI=1S/C9H19N3O5S/c1-3-12(4-2)18(16,17)11-7(9(14)15)5-6-8(10)13/h7,11H,3-6H2,1-2H3,(H2,10,13)(H,14,15)/t7-/m0/s1. The number of nitrogens with two attached hydrogens (primary N) is 2. The maximum Gasteiger partial charge on any atom is 0.369 e. The van der Waals surface area contributed by atoms with Gasteiger partial charge in [0.05, 0.1) is 0 Å². The first-order chi connectivity index (χ1) is 8.24. The molecule has 0 rings (SSSR count). The predicted molar refractivity (Wildman–Crippen MR) is 61.0 cm³/mol. The first-order valence-electron chi connectivity index (χ1n) is 5.58. The number of primary amides is 1. The Morgan fingerprint density at radius 2 is 1.83 bits per heavy atom. The molecule has 0 spiro atoms. The molecule has 18 heavy (non-hydrogen) atoms. The van der Waals surface area contributed by atoms with E-state index in [1.807, 2.05) is 0 Å². The molecule has 0 aromatic carbocycles. The number of hydrogen-bond acceptors (Lipinski definition) is 5. The van der Waals surface area contributed by atoms with Crippen LogP contribution in [-0.2, 0) is 19.8 Å². The van der Waals surface area contributed by atoms with Crippen LogP contribution in [0.2, 0.25) is 0 Å². The van der Waals surface area contributed by atoms with E-state index in [0.29, 0.717) is 4.72 Å². The zero-order valence-corrected chi connectivity index (χ0v) is 11.3. The lowest BCUT2D eigenvalue weighted by atomic mass is 10.2. The number of nitrogens with zero attached hydrogens (tertiary/aromatic N) is 1. The molecule has 0 aromatic rings. The van der Waals surface area contributed by atoms with Gasteiger partial charge in [-0.2, -0.15) is 12.7 Å². The van der Waals surface area contributed by atoms with Crippen LogP contribution >= 0.6 is 0 Å². The smallest absolute Gasteiger partial charge is 0.369 e. The monoisotopic (exact) mass is 281 g/mol. The van der Waals surface area contributed by atoms with Gasteiger partial charge >= 0.3 is 10.2 Å². The summed E-state index contributed by atoms with van der Waals surface area (Å²) in [6, 6.07) is -1.34. The molecule has 0 bridgehead atoms. The average molecular weight is 281 g/mol. The van der Waals surface area contributed by atoms with Crippen molar-refractivity contribution in [3.63, 3.8) is 0 Å². The van der Waals surface area contributed by atoms with Gasteiger partial charge in [0.25, 0.3) is 0 Å². The molecular weight excluding hydrogens is 262 g/mol. The number of hydrogen-bond donors (Lipinski definition) is 2. The molecule has 8 nitrogen and oxygen atoms in total. The summed E-state index contributed by atoms with van der Waals surface area (Å²) in [5.74, 6) is -2.22. The summed E-state index contributed by atoms with van der Waals surface area (Å²) in [5.41, 5.74) is 4.89. The molecule has 0 saturated heterocycles. The third-order valence-corrected chi connectivity index (χ3v) is 4.31. The third kappa shape index (κ3) is 5.43. The van der Waals surface area contributed by atoms with Gasteiger partial charge in [-0.1, -0.05) is 13.8 Å². The van der Waals surface area contributed by atoms with Crippen LogP contribution in [0.25, 0.3) is 0 Å². The first-order valence-corrected chi connectivity index (χ1v) is 7.09. The molecule has 0 radical (unpaired) electrons. The van der Waals surface area contributed by atoms with Gasteiger partial charge in [-0.05, 0) is 0 Å². The topological polar surface area (TPSA) is 137 Å². The van der Waals surface area contributed by atoms with Crippen molar-refractivity contribution in [2.75, 3.05) is 13.1 Å². The predicted octanol–water partition coefficient (Wildman–Crippen LogP) is -3.48. The van der Waals surface area contributed by atoms with E-state index < -0.39 is 28.1 Å². The van der Waals surface area contributed by atoms with E-state index in [0.717, 1.165) is 4.31 Å². The van der Waals surface area contributed by atoms with Crippen molar-refractivity contribution in [1.29, 1.82) is 0 Å². The van der Waals surface area contributed by atoms with Crippen molar-refractivity contribution in [3.05, 3.63) is 0 Å². The molecule has 106 valence electrons. The molecule has 0 heterocycles. The second kappa shape index (κ2) is 7.29. The number of quaternary nitrogens is 1. The maximum absolute atomic E-state index is 11.8. The van der Waals surface area contributed by atoms with Crippen molar-refractivity contribution in [1.82, 2.24) is 4.31 Å². The number of carboxylic acid groups (broad SMARTS) is 1. The molecule has 0 fully saturated rings. The minimum absolute atomic E-state index is 0.182. The first kappa shape index (κ1) is 16.8. The second-order valence-electron chi connectivity index (χ2n) is 3.70. The highest BCUT2D eigenvalue weighted by Crippen LogP contribution is 1.95. The zero-order chi connectivity index (χ0) is 14.3. The number of carboxylic acids is 1. The van der Waals surface area contributed by atoms with Gasteiger partial charge in [-0.15, -0.1) is 0 Å². The lowest BCUT2D eigenvalue weighted by Gasteiger charge is -2.21. The van der Waals surface area contributed by atoms with Crippen molar-refractivity contribution >= 4 is 22.1 Å². The average Bonchev–Trinajstić information content (AvgIpc) is 2.24. The lowest BCUT2D eigenvalue weighted by Crippen LogP contribution is -2.97. The van der Waals surface area contributed by atoms with Crippen molar-refractivity contribution in [3.8, 4) is 0 Å². The molecule has 4 N–H and O–H groups in total. The molecule has 9 heteroatoms. The summed E-state index contributed by atoms with van der Waals surface area (Å²) in [5, 5.41) is 10.8. The molecular formula is C9H19N3O5S. The van der Waals surface area contributed by atoms with E-state index >= 15 is 0 Å². The Kier molecular flexibility index (Phi) is 6.81. The molecule has 0 aliphatic carbocycles. The zero-order valence-electron chi connectivity index (χ0n) is 10.5. The lowest BCUT2D eigenvalue weighted by molar-refractivity contribution is -0.545. The molecule has 0 aliphatic heterocycles.